The molecule has 0 spiro atoms. The number of rotatable bonds is 9. The molecule has 0 unspecified atom stereocenters. The number of carbonyl (C=O) groups excluding carboxylic acids is 2. The lowest BCUT2D eigenvalue weighted by molar-refractivity contribution is -0.113. The number of aromatic nitrogens is 4. The van der Waals surface area contributed by atoms with Crippen molar-refractivity contribution in [1.29, 1.82) is 0 Å². The fourth-order valence-electron chi connectivity index (χ4n) is 3.07. The SMILES string of the molecule is C=CCn1c(Cc2cccn2C)nnc1SCC(=O)Nc1sc(C)c(C)c1C(=O)OC. The van der Waals surface area contributed by atoms with E-state index in [9.17, 15) is 9.59 Å². The van der Waals surface area contributed by atoms with Gasteiger partial charge in [-0.3, -0.25) is 4.79 Å². The number of hydrogen-bond donors (Lipinski definition) is 1. The summed E-state index contributed by atoms with van der Waals surface area (Å²) in [6.45, 7) is 8.11. The van der Waals surface area contributed by atoms with E-state index in [2.05, 4.69) is 22.1 Å². The standard InChI is InChI=1S/C21H25N5O3S2/c1-6-9-26-16(11-15-8-7-10-25(15)4)23-24-21(26)30-12-17(27)22-19-18(20(28)29-5)13(2)14(3)31-19/h6-8,10H,1,9,11-12H2,2-5H3,(H,22,27). The number of carbonyl (C=O) groups is 2. The first-order chi connectivity index (χ1) is 14.8. The van der Waals surface area contributed by atoms with Crippen LogP contribution in [0.4, 0.5) is 5.00 Å². The number of amides is 1. The maximum Gasteiger partial charge on any atom is 0.341 e. The monoisotopic (exact) mass is 459 g/mol. The first-order valence-electron chi connectivity index (χ1n) is 9.59. The van der Waals surface area contributed by atoms with Crippen molar-refractivity contribution in [2.45, 2.75) is 32.0 Å². The zero-order chi connectivity index (χ0) is 22.5. The minimum absolute atomic E-state index is 0.135. The van der Waals surface area contributed by atoms with Crippen molar-refractivity contribution >= 4 is 40.0 Å². The van der Waals surface area contributed by atoms with Crippen molar-refractivity contribution in [3.05, 3.63) is 58.5 Å². The van der Waals surface area contributed by atoms with Crippen LogP contribution in [0.15, 0.2) is 36.1 Å². The first-order valence-corrected chi connectivity index (χ1v) is 11.4. The molecule has 3 rings (SSSR count). The number of thioether (sulfide) groups is 1. The van der Waals surface area contributed by atoms with Crippen LogP contribution in [0, 0.1) is 13.8 Å². The van der Waals surface area contributed by atoms with Crippen LogP contribution in [0.2, 0.25) is 0 Å². The van der Waals surface area contributed by atoms with Crippen LogP contribution in [0.25, 0.3) is 0 Å². The minimum Gasteiger partial charge on any atom is -0.465 e. The normalized spacial score (nSPS) is 10.8. The van der Waals surface area contributed by atoms with E-state index in [0.29, 0.717) is 28.7 Å². The lowest BCUT2D eigenvalue weighted by Crippen LogP contribution is -2.16. The van der Waals surface area contributed by atoms with Gasteiger partial charge in [-0.2, -0.15) is 0 Å². The van der Waals surface area contributed by atoms with E-state index < -0.39 is 5.97 Å². The molecule has 0 saturated heterocycles. The average Bonchev–Trinajstić information content (AvgIpc) is 3.40. The Morgan fingerprint density at radius 3 is 2.77 bits per heavy atom. The van der Waals surface area contributed by atoms with Crippen molar-refractivity contribution in [2.75, 3.05) is 18.2 Å². The molecule has 8 nitrogen and oxygen atoms in total. The molecule has 10 heteroatoms. The molecule has 3 aromatic rings. The summed E-state index contributed by atoms with van der Waals surface area (Å²) in [5.74, 6) is 0.257. The Morgan fingerprint density at radius 1 is 1.35 bits per heavy atom. The third-order valence-corrected chi connectivity index (χ3v) is 6.95. The van der Waals surface area contributed by atoms with E-state index in [1.54, 1.807) is 6.08 Å². The second kappa shape index (κ2) is 9.97. The highest BCUT2D eigenvalue weighted by Crippen LogP contribution is 2.33. The highest BCUT2D eigenvalue weighted by atomic mass is 32.2. The lowest BCUT2D eigenvalue weighted by atomic mass is 10.1. The largest absolute Gasteiger partial charge is 0.465 e. The molecule has 31 heavy (non-hydrogen) atoms. The second-order valence-corrected chi connectivity index (χ2v) is 9.07. The Morgan fingerprint density at radius 2 is 2.13 bits per heavy atom. The number of aryl methyl sites for hydroxylation is 2. The van der Waals surface area contributed by atoms with Crippen molar-refractivity contribution in [3.63, 3.8) is 0 Å². The maximum atomic E-state index is 12.6. The number of thiophene rings is 1. The molecule has 1 amide bonds. The Balaban J connectivity index is 1.71. The van der Waals surface area contributed by atoms with Gasteiger partial charge in [0.1, 0.15) is 10.8 Å². The number of nitrogens with zero attached hydrogens (tertiary/aromatic N) is 4. The third-order valence-electron chi connectivity index (χ3n) is 4.86. The van der Waals surface area contributed by atoms with Gasteiger partial charge in [-0.05, 0) is 31.5 Å². The molecular formula is C21H25N5O3S2. The number of methoxy groups -OCH3 is 1. The van der Waals surface area contributed by atoms with Crippen LogP contribution < -0.4 is 5.32 Å². The Bertz CT molecular complexity index is 1110. The van der Waals surface area contributed by atoms with Gasteiger partial charge < -0.3 is 19.2 Å². The van der Waals surface area contributed by atoms with Crippen LogP contribution in [0.1, 0.15) is 32.3 Å². The molecule has 3 aromatic heterocycles. The van der Waals surface area contributed by atoms with E-state index in [1.807, 2.05) is 48.4 Å². The Labute approximate surface area is 189 Å². The molecule has 3 heterocycles. The Kier molecular flexibility index (Phi) is 7.34. The van der Waals surface area contributed by atoms with Crippen LogP contribution in [0.3, 0.4) is 0 Å². The fourth-order valence-corrected chi connectivity index (χ4v) is 4.90. The summed E-state index contributed by atoms with van der Waals surface area (Å²) in [4.78, 5) is 25.6. The molecule has 164 valence electrons. The summed E-state index contributed by atoms with van der Waals surface area (Å²) in [6.07, 6.45) is 4.40. The van der Waals surface area contributed by atoms with Gasteiger partial charge in [0.2, 0.25) is 5.91 Å². The zero-order valence-electron chi connectivity index (χ0n) is 18.0. The molecule has 0 aliphatic rings. The molecule has 0 aromatic carbocycles. The lowest BCUT2D eigenvalue weighted by Gasteiger charge is -2.09. The molecule has 0 aliphatic heterocycles. The third kappa shape index (κ3) is 5.08. The van der Waals surface area contributed by atoms with Gasteiger partial charge in [-0.25, -0.2) is 4.79 Å². The number of esters is 1. The second-order valence-electron chi connectivity index (χ2n) is 6.90. The molecule has 0 aliphatic carbocycles. The summed E-state index contributed by atoms with van der Waals surface area (Å²) in [6, 6.07) is 4.03. The van der Waals surface area contributed by atoms with Gasteiger partial charge in [0.15, 0.2) is 5.16 Å². The Hall–Kier alpha value is -2.85. The van der Waals surface area contributed by atoms with Gasteiger partial charge in [-0.15, -0.1) is 28.1 Å². The summed E-state index contributed by atoms with van der Waals surface area (Å²) in [5.41, 5.74) is 2.34. The van der Waals surface area contributed by atoms with Gasteiger partial charge in [-0.1, -0.05) is 17.8 Å². The number of ether oxygens (including phenoxy) is 1. The average molecular weight is 460 g/mol. The summed E-state index contributed by atoms with van der Waals surface area (Å²) in [5, 5.41) is 12.6. The van der Waals surface area contributed by atoms with Gasteiger partial charge in [0.25, 0.3) is 0 Å². The number of hydrogen-bond acceptors (Lipinski definition) is 7. The molecule has 0 bridgehead atoms. The predicted octanol–water partition coefficient (Wildman–Crippen LogP) is 3.59. The summed E-state index contributed by atoms with van der Waals surface area (Å²) >= 11 is 2.66. The highest BCUT2D eigenvalue weighted by molar-refractivity contribution is 7.99. The topological polar surface area (TPSA) is 91.0 Å². The van der Waals surface area contributed by atoms with Crippen molar-refractivity contribution in [2.24, 2.45) is 7.05 Å². The summed E-state index contributed by atoms with van der Waals surface area (Å²) < 4.78 is 8.85. The van der Waals surface area contributed by atoms with E-state index in [-0.39, 0.29) is 11.7 Å². The van der Waals surface area contributed by atoms with Crippen molar-refractivity contribution in [1.82, 2.24) is 19.3 Å². The van der Waals surface area contributed by atoms with Crippen LogP contribution in [-0.4, -0.2) is 44.1 Å². The molecule has 0 radical (unpaired) electrons. The number of anilines is 1. The minimum atomic E-state index is -0.458. The van der Waals surface area contributed by atoms with E-state index in [1.165, 1.54) is 30.2 Å². The predicted molar refractivity (Wildman–Crippen MR) is 123 cm³/mol. The number of nitrogens with one attached hydrogen (secondary N) is 1. The van der Waals surface area contributed by atoms with E-state index in [4.69, 9.17) is 4.74 Å². The van der Waals surface area contributed by atoms with Crippen LogP contribution in [0.5, 0.6) is 0 Å². The number of allylic oxidation sites excluding steroid dienone is 1. The summed E-state index contributed by atoms with van der Waals surface area (Å²) in [7, 11) is 3.32. The zero-order valence-corrected chi connectivity index (χ0v) is 19.6. The fraction of sp³-hybridized carbons (Fsp3) is 0.333. The first kappa shape index (κ1) is 22.8. The van der Waals surface area contributed by atoms with Crippen molar-refractivity contribution in [3.8, 4) is 0 Å². The molecule has 0 atom stereocenters. The van der Waals surface area contributed by atoms with Gasteiger partial charge in [0.05, 0.1) is 18.4 Å². The quantitative estimate of drug-likeness (QED) is 0.299. The van der Waals surface area contributed by atoms with E-state index in [0.717, 1.165) is 22.0 Å². The molecule has 0 fully saturated rings. The van der Waals surface area contributed by atoms with Gasteiger partial charge >= 0.3 is 5.97 Å². The van der Waals surface area contributed by atoms with Gasteiger partial charge in [0, 0.05) is 36.8 Å². The van der Waals surface area contributed by atoms with Crippen LogP contribution >= 0.6 is 23.1 Å². The van der Waals surface area contributed by atoms with Crippen molar-refractivity contribution < 1.29 is 14.3 Å². The highest BCUT2D eigenvalue weighted by Gasteiger charge is 2.22. The molecular weight excluding hydrogens is 434 g/mol. The maximum absolute atomic E-state index is 12.6. The van der Waals surface area contributed by atoms with E-state index >= 15 is 0 Å². The van der Waals surface area contributed by atoms with Crippen LogP contribution in [-0.2, 0) is 29.5 Å². The molecule has 1 N–H and O–H groups in total. The molecule has 0 saturated carbocycles. The smallest absolute Gasteiger partial charge is 0.341 e.